The molecule has 0 unspecified atom stereocenters. The van der Waals surface area contributed by atoms with Gasteiger partial charge in [-0.05, 0) is 36.6 Å². The molecule has 1 aliphatic rings. The van der Waals surface area contributed by atoms with Crippen LogP contribution in [0.15, 0.2) is 63.8 Å². The van der Waals surface area contributed by atoms with E-state index < -0.39 is 42.8 Å². The number of benzene rings is 2. The first kappa shape index (κ1) is 27.6. The normalized spacial score (nSPS) is 14.4. The molecule has 3 amide bonds. The summed E-state index contributed by atoms with van der Waals surface area (Å²) in [5.41, 5.74) is 1.49. The number of carbonyl (C=O) groups is 3. The number of aryl methyl sites for hydroxylation is 1. The molecule has 39 heavy (non-hydrogen) atoms. The molecule has 2 heterocycles. The number of fused-ring (bicyclic) bond motifs is 1. The Bertz CT molecular complexity index is 1370. The fraction of sp³-hybridized carbons (Fsp3) is 0.357. The molecule has 1 atom stereocenters. The topological polar surface area (TPSA) is 139 Å². The Hall–Kier alpha value is -4.38. The SMILES string of the molecule is Cc1cc(=O)oc2cc(OCC(=O)N[C@@H](CO)C(=O)N3CCCN(C(=O)OCc4ccccc4)CC3)ccc12. The van der Waals surface area contributed by atoms with Crippen LogP contribution in [0.5, 0.6) is 5.75 Å². The molecule has 2 aromatic carbocycles. The van der Waals surface area contributed by atoms with Crippen LogP contribution in [0.1, 0.15) is 17.5 Å². The highest BCUT2D eigenvalue weighted by Gasteiger charge is 2.28. The summed E-state index contributed by atoms with van der Waals surface area (Å²) >= 11 is 0. The van der Waals surface area contributed by atoms with Crippen molar-refractivity contribution in [2.24, 2.45) is 0 Å². The van der Waals surface area contributed by atoms with Crippen LogP contribution in [-0.4, -0.2) is 78.2 Å². The lowest BCUT2D eigenvalue weighted by molar-refractivity contribution is -0.137. The van der Waals surface area contributed by atoms with Crippen molar-refractivity contribution in [1.29, 1.82) is 0 Å². The third kappa shape index (κ3) is 7.35. The van der Waals surface area contributed by atoms with Gasteiger partial charge in [0.2, 0.25) is 5.91 Å². The van der Waals surface area contributed by atoms with Gasteiger partial charge in [0, 0.05) is 43.7 Å². The molecule has 0 radical (unpaired) electrons. The minimum absolute atomic E-state index is 0.160. The van der Waals surface area contributed by atoms with Gasteiger partial charge in [-0.1, -0.05) is 30.3 Å². The minimum atomic E-state index is -1.16. The maximum absolute atomic E-state index is 13.0. The Morgan fingerprint density at radius 2 is 1.77 bits per heavy atom. The predicted molar refractivity (Wildman–Crippen MR) is 141 cm³/mol. The monoisotopic (exact) mass is 537 g/mol. The van der Waals surface area contributed by atoms with Gasteiger partial charge in [-0.25, -0.2) is 9.59 Å². The Labute approximate surface area is 224 Å². The van der Waals surface area contributed by atoms with Crippen molar-refractivity contribution in [3.8, 4) is 5.75 Å². The quantitative estimate of drug-likeness (QED) is 0.415. The molecule has 1 aromatic heterocycles. The molecule has 3 aromatic rings. The molecule has 4 rings (SSSR count). The third-order valence-electron chi connectivity index (χ3n) is 6.38. The van der Waals surface area contributed by atoms with E-state index in [0.29, 0.717) is 30.8 Å². The van der Waals surface area contributed by atoms with E-state index in [1.165, 1.54) is 17.0 Å². The van der Waals surface area contributed by atoms with Gasteiger partial charge in [0.05, 0.1) is 6.61 Å². The van der Waals surface area contributed by atoms with E-state index in [9.17, 15) is 24.3 Å². The lowest BCUT2D eigenvalue weighted by Gasteiger charge is -2.26. The van der Waals surface area contributed by atoms with Crippen LogP contribution in [-0.2, 0) is 20.9 Å². The second kappa shape index (κ2) is 12.9. The number of aliphatic hydroxyl groups excluding tert-OH is 1. The summed E-state index contributed by atoms with van der Waals surface area (Å²) in [4.78, 5) is 52.7. The summed E-state index contributed by atoms with van der Waals surface area (Å²) in [5.74, 6) is -0.743. The van der Waals surface area contributed by atoms with Crippen molar-refractivity contribution >= 4 is 28.9 Å². The number of aliphatic hydroxyl groups is 1. The van der Waals surface area contributed by atoms with Crippen LogP contribution >= 0.6 is 0 Å². The summed E-state index contributed by atoms with van der Waals surface area (Å²) in [6.45, 7) is 2.25. The van der Waals surface area contributed by atoms with Crippen LogP contribution in [0.4, 0.5) is 4.79 Å². The van der Waals surface area contributed by atoms with Crippen LogP contribution in [0.25, 0.3) is 11.0 Å². The van der Waals surface area contributed by atoms with Gasteiger partial charge in [-0.3, -0.25) is 9.59 Å². The zero-order chi connectivity index (χ0) is 27.8. The molecule has 11 nitrogen and oxygen atoms in total. The van der Waals surface area contributed by atoms with E-state index >= 15 is 0 Å². The van der Waals surface area contributed by atoms with Gasteiger partial charge >= 0.3 is 11.7 Å². The number of amides is 3. The van der Waals surface area contributed by atoms with E-state index in [-0.39, 0.29) is 19.7 Å². The molecule has 1 aliphatic heterocycles. The van der Waals surface area contributed by atoms with Gasteiger partial charge in [0.25, 0.3) is 5.91 Å². The van der Waals surface area contributed by atoms with Crippen molar-refractivity contribution in [1.82, 2.24) is 15.1 Å². The van der Waals surface area contributed by atoms with Crippen LogP contribution in [0.3, 0.4) is 0 Å². The third-order valence-corrected chi connectivity index (χ3v) is 6.38. The van der Waals surface area contributed by atoms with E-state index in [1.807, 2.05) is 30.3 Å². The van der Waals surface area contributed by atoms with Gasteiger partial charge in [0.1, 0.15) is 24.0 Å². The summed E-state index contributed by atoms with van der Waals surface area (Å²) in [5, 5.41) is 13.0. The molecule has 1 fully saturated rings. The molecule has 1 saturated heterocycles. The van der Waals surface area contributed by atoms with Crippen LogP contribution < -0.4 is 15.7 Å². The zero-order valence-electron chi connectivity index (χ0n) is 21.6. The maximum atomic E-state index is 13.0. The Balaban J connectivity index is 1.26. The first-order valence-electron chi connectivity index (χ1n) is 12.7. The Morgan fingerprint density at radius 1 is 1.03 bits per heavy atom. The first-order valence-corrected chi connectivity index (χ1v) is 12.7. The van der Waals surface area contributed by atoms with E-state index in [2.05, 4.69) is 5.32 Å². The molecule has 0 bridgehead atoms. The highest BCUT2D eigenvalue weighted by atomic mass is 16.6. The van der Waals surface area contributed by atoms with Crippen LogP contribution in [0, 0.1) is 6.92 Å². The predicted octanol–water partition coefficient (Wildman–Crippen LogP) is 1.83. The summed E-state index contributed by atoms with van der Waals surface area (Å²) in [7, 11) is 0. The average molecular weight is 538 g/mol. The maximum Gasteiger partial charge on any atom is 0.410 e. The van der Waals surface area contributed by atoms with Crippen LogP contribution in [0.2, 0.25) is 0 Å². The van der Waals surface area contributed by atoms with Crippen molar-refractivity contribution in [2.45, 2.75) is 26.0 Å². The summed E-state index contributed by atoms with van der Waals surface area (Å²) in [6, 6.07) is 14.5. The van der Waals surface area contributed by atoms with Crippen molar-refractivity contribution in [3.05, 3.63) is 76.1 Å². The van der Waals surface area contributed by atoms with E-state index in [1.54, 1.807) is 24.0 Å². The van der Waals surface area contributed by atoms with Gasteiger partial charge in [0.15, 0.2) is 6.61 Å². The average Bonchev–Trinajstić information content (AvgIpc) is 3.20. The molecule has 2 N–H and O–H groups in total. The number of carbonyl (C=O) groups excluding carboxylic acids is 3. The smallest absolute Gasteiger partial charge is 0.410 e. The lowest BCUT2D eigenvalue weighted by Crippen LogP contribution is -2.52. The van der Waals surface area contributed by atoms with Gasteiger partial charge < -0.3 is 34.1 Å². The van der Waals surface area contributed by atoms with E-state index in [4.69, 9.17) is 13.9 Å². The summed E-state index contributed by atoms with van der Waals surface area (Å²) in [6.07, 6.45) is 0.0688. The van der Waals surface area contributed by atoms with Gasteiger partial charge in [-0.15, -0.1) is 0 Å². The zero-order valence-corrected chi connectivity index (χ0v) is 21.6. The summed E-state index contributed by atoms with van der Waals surface area (Å²) < 4.78 is 16.1. The molecular formula is C28H31N3O8. The molecule has 0 aliphatic carbocycles. The minimum Gasteiger partial charge on any atom is -0.484 e. The highest BCUT2D eigenvalue weighted by Crippen LogP contribution is 2.22. The molecule has 11 heteroatoms. The number of hydrogen-bond acceptors (Lipinski definition) is 8. The lowest BCUT2D eigenvalue weighted by atomic mass is 10.1. The fourth-order valence-electron chi connectivity index (χ4n) is 4.32. The number of hydrogen-bond donors (Lipinski definition) is 2. The largest absolute Gasteiger partial charge is 0.484 e. The Kier molecular flexibility index (Phi) is 9.16. The molecule has 0 spiro atoms. The molecular weight excluding hydrogens is 506 g/mol. The highest BCUT2D eigenvalue weighted by molar-refractivity contribution is 5.88. The van der Waals surface area contributed by atoms with Gasteiger partial charge in [-0.2, -0.15) is 0 Å². The van der Waals surface area contributed by atoms with Crippen molar-refractivity contribution < 1.29 is 33.4 Å². The second-order valence-electron chi connectivity index (χ2n) is 9.20. The first-order chi connectivity index (χ1) is 18.8. The second-order valence-corrected chi connectivity index (χ2v) is 9.20. The van der Waals surface area contributed by atoms with E-state index in [0.717, 1.165) is 16.5 Å². The molecule has 0 saturated carbocycles. The standard InChI is InChI=1S/C28H31N3O8/c1-19-14-26(34)39-24-15-21(8-9-22(19)24)37-18-25(33)29-23(16-32)27(35)30-10-5-11-31(13-12-30)28(36)38-17-20-6-3-2-4-7-20/h2-4,6-9,14-15,23,32H,5,10-13,16-18H2,1H3,(H,29,33)/t23-/m0/s1. The fourth-order valence-corrected chi connectivity index (χ4v) is 4.32. The number of rotatable bonds is 8. The Morgan fingerprint density at radius 3 is 2.54 bits per heavy atom. The van der Waals surface area contributed by atoms with Crippen molar-refractivity contribution in [2.75, 3.05) is 39.4 Å². The van der Waals surface area contributed by atoms with Crippen molar-refractivity contribution in [3.63, 3.8) is 0 Å². The number of nitrogens with one attached hydrogen (secondary N) is 1. The number of nitrogens with zero attached hydrogens (tertiary/aromatic N) is 2. The number of ether oxygens (including phenoxy) is 2. The molecule has 206 valence electrons.